The van der Waals surface area contributed by atoms with Crippen LogP contribution in [0.3, 0.4) is 0 Å². The van der Waals surface area contributed by atoms with E-state index in [2.05, 4.69) is 20.4 Å². The maximum absolute atomic E-state index is 16.0. The fourth-order valence-electron chi connectivity index (χ4n) is 4.49. The Bertz CT molecular complexity index is 1370. The van der Waals surface area contributed by atoms with Crippen molar-refractivity contribution < 1.29 is 23.4 Å². The number of benzene rings is 2. The number of halogens is 2. The molecule has 1 amide bonds. The van der Waals surface area contributed by atoms with Gasteiger partial charge in [-0.15, -0.1) is 0 Å². The van der Waals surface area contributed by atoms with Crippen molar-refractivity contribution in [3.63, 3.8) is 0 Å². The molecule has 4 atom stereocenters. The van der Waals surface area contributed by atoms with Crippen molar-refractivity contribution in [2.45, 2.75) is 30.9 Å². The van der Waals surface area contributed by atoms with Crippen LogP contribution in [0.15, 0.2) is 67.1 Å². The predicted octanol–water partition coefficient (Wildman–Crippen LogP) is 3.66. The molecule has 1 aliphatic carbocycles. The second-order valence-electron chi connectivity index (χ2n) is 8.88. The minimum atomic E-state index is -2.42. The van der Waals surface area contributed by atoms with Gasteiger partial charge in [0, 0.05) is 41.6 Å². The zero-order chi connectivity index (χ0) is 25.3. The summed E-state index contributed by atoms with van der Waals surface area (Å²) in [6.45, 7) is -0.00562. The summed E-state index contributed by atoms with van der Waals surface area (Å²) >= 11 is 0. The van der Waals surface area contributed by atoms with E-state index in [-0.39, 0.29) is 25.3 Å². The molecule has 4 aromatic rings. The molecule has 0 bridgehead atoms. The Morgan fingerprint density at radius 3 is 2.69 bits per heavy atom. The summed E-state index contributed by atoms with van der Waals surface area (Å²) in [6.07, 6.45) is 0.703. The summed E-state index contributed by atoms with van der Waals surface area (Å²) < 4.78 is 37.3. The first-order chi connectivity index (χ1) is 17.4. The molecule has 1 fully saturated rings. The van der Waals surface area contributed by atoms with E-state index in [1.54, 1.807) is 60.9 Å². The molecule has 0 spiro atoms. The van der Waals surface area contributed by atoms with Gasteiger partial charge in [-0.3, -0.25) is 4.79 Å². The molecule has 186 valence electrons. The molecule has 0 aliphatic heterocycles. The summed E-state index contributed by atoms with van der Waals surface area (Å²) in [7, 11) is 1.52. The molecule has 2 aromatic heterocycles. The molecular weight excluding hydrogens is 468 g/mol. The standard InChI is InChI=1S/C26H25F2N5O3/c1-36-20-13-29-24(30-14-20)17-7-8-19-15-33(32-21(19)11-17)26(28)10-9-18(22(27)23(26)34)12-31-25(35)16-5-3-2-4-6-16/h2-8,11,13-15,18,22-23,34H,9-10,12H2,1H3,(H,31,35)/t18-,22-,23-,26+/m1/s1. The van der Waals surface area contributed by atoms with Crippen molar-refractivity contribution in [2.24, 2.45) is 5.92 Å². The molecule has 10 heteroatoms. The highest BCUT2D eigenvalue weighted by molar-refractivity contribution is 5.94. The van der Waals surface area contributed by atoms with Gasteiger partial charge in [-0.2, -0.15) is 5.10 Å². The number of nitrogens with one attached hydrogen (secondary N) is 1. The third-order valence-corrected chi connectivity index (χ3v) is 6.64. The number of fused-ring (bicyclic) bond motifs is 1. The smallest absolute Gasteiger partial charge is 0.251 e. The monoisotopic (exact) mass is 493 g/mol. The first kappa shape index (κ1) is 23.8. The number of alkyl halides is 2. The van der Waals surface area contributed by atoms with Crippen LogP contribution in [-0.4, -0.2) is 56.7 Å². The van der Waals surface area contributed by atoms with Gasteiger partial charge in [0.05, 0.1) is 25.0 Å². The minimum Gasteiger partial charge on any atom is -0.494 e. The lowest BCUT2D eigenvalue weighted by atomic mass is 9.80. The van der Waals surface area contributed by atoms with E-state index < -0.39 is 24.0 Å². The van der Waals surface area contributed by atoms with Gasteiger partial charge in [0.2, 0.25) is 5.79 Å². The first-order valence-electron chi connectivity index (χ1n) is 11.6. The van der Waals surface area contributed by atoms with Gasteiger partial charge in [-0.1, -0.05) is 30.3 Å². The second-order valence-corrected chi connectivity index (χ2v) is 8.88. The number of nitrogens with zero attached hydrogens (tertiary/aromatic N) is 4. The molecule has 2 heterocycles. The van der Waals surface area contributed by atoms with E-state index in [1.165, 1.54) is 13.3 Å². The Morgan fingerprint density at radius 1 is 1.22 bits per heavy atom. The van der Waals surface area contributed by atoms with E-state index in [0.717, 1.165) is 4.68 Å². The highest BCUT2D eigenvalue weighted by Crippen LogP contribution is 2.41. The zero-order valence-corrected chi connectivity index (χ0v) is 19.5. The van der Waals surface area contributed by atoms with E-state index in [4.69, 9.17) is 4.74 Å². The van der Waals surface area contributed by atoms with Gasteiger partial charge >= 0.3 is 0 Å². The lowest BCUT2D eigenvalue weighted by Crippen LogP contribution is -2.54. The van der Waals surface area contributed by atoms with Crippen molar-refractivity contribution in [2.75, 3.05) is 13.7 Å². The number of hydrogen-bond donors (Lipinski definition) is 2. The zero-order valence-electron chi connectivity index (χ0n) is 19.5. The average Bonchev–Trinajstić information content (AvgIpc) is 3.36. The van der Waals surface area contributed by atoms with Crippen molar-refractivity contribution in [3.8, 4) is 17.1 Å². The van der Waals surface area contributed by atoms with Crippen LogP contribution >= 0.6 is 0 Å². The molecule has 0 unspecified atom stereocenters. The Hall–Kier alpha value is -3.92. The van der Waals surface area contributed by atoms with Gasteiger partial charge in [-0.25, -0.2) is 23.4 Å². The average molecular weight is 494 g/mol. The van der Waals surface area contributed by atoms with Gasteiger partial charge < -0.3 is 15.2 Å². The summed E-state index contributed by atoms with van der Waals surface area (Å²) in [5.74, 6) is -2.52. The number of carbonyl (C=O) groups is 1. The lowest BCUT2D eigenvalue weighted by molar-refractivity contribution is -0.153. The Labute approximate surface area is 206 Å². The van der Waals surface area contributed by atoms with Gasteiger partial charge in [0.25, 0.3) is 5.91 Å². The number of amides is 1. The van der Waals surface area contributed by atoms with Gasteiger partial charge in [0.15, 0.2) is 11.6 Å². The van der Waals surface area contributed by atoms with Crippen LogP contribution in [0.5, 0.6) is 5.75 Å². The van der Waals surface area contributed by atoms with Crippen LogP contribution in [0, 0.1) is 5.92 Å². The molecule has 1 saturated carbocycles. The summed E-state index contributed by atoms with van der Waals surface area (Å²) in [5.41, 5.74) is 1.58. The van der Waals surface area contributed by atoms with Crippen LogP contribution in [0.4, 0.5) is 8.78 Å². The molecule has 5 rings (SSSR count). The van der Waals surface area contributed by atoms with Crippen molar-refractivity contribution in [3.05, 3.63) is 72.7 Å². The molecule has 2 N–H and O–H groups in total. The number of methoxy groups -OCH3 is 1. The summed E-state index contributed by atoms with van der Waals surface area (Å²) in [6, 6.07) is 13.8. The van der Waals surface area contributed by atoms with E-state index >= 15 is 8.78 Å². The van der Waals surface area contributed by atoms with Crippen molar-refractivity contribution in [1.82, 2.24) is 25.1 Å². The Morgan fingerprint density at radius 2 is 1.97 bits per heavy atom. The fourth-order valence-corrected chi connectivity index (χ4v) is 4.49. The van der Waals surface area contributed by atoms with E-state index in [0.29, 0.717) is 33.6 Å². The van der Waals surface area contributed by atoms with Crippen molar-refractivity contribution >= 4 is 16.8 Å². The molecule has 0 saturated heterocycles. The quantitative estimate of drug-likeness (QED) is 0.425. The normalized spacial score (nSPS) is 23.9. The largest absolute Gasteiger partial charge is 0.494 e. The molecule has 0 radical (unpaired) electrons. The predicted molar refractivity (Wildman–Crippen MR) is 129 cm³/mol. The first-order valence-corrected chi connectivity index (χ1v) is 11.6. The van der Waals surface area contributed by atoms with Crippen LogP contribution < -0.4 is 10.1 Å². The minimum absolute atomic E-state index is 0.00562. The number of aliphatic hydroxyl groups excluding tert-OH is 1. The molecule has 1 aliphatic rings. The summed E-state index contributed by atoms with van der Waals surface area (Å²) in [4.78, 5) is 20.8. The Balaban J connectivity index is 1.31. The number of ether oxygens (including phenoxy) is 1. The van der Waals surface area contributed by atoms with Crippen molar-refractivity contribution in [1.29, 1.82) is 0 Å². The molecule has 2 aromatic carbocycles. The number of hydrogen-bond acceptors (Lipinski definition) is 6. The fraction of sp³-hybridized carbons (Fsp3) is 0.308. The van der Waals surface area contributed by atoms with Gasteiger partial charge in [-0.05, 0) is 24.6 Å². The second kappa shape index (κ2) is 9.62. The van der Waals surface area contributed by atoms with Crippen LogP contribution in [0.2, 0.25) is 0 Å². The highest BCUT2D eigenvalue weighted by Gasteiger charge is 2.52. The van der Waals surface area contributed by atoms with Gasteiger partial charge in [0.1, 0.15) is 12.3 Å². The number of rotatable bonds is 6. The molecule has 8 nitrogen and oxygen atoms in total. The van der Waals surface area contributed by atoms with Crippen LogP contribution in [0.1, 0.15) is 23.2 Å². The lowest BCUT2D eigenvalue weighted by Gasteiger charge is -2.40. The summed E-state index contributed by atoms with van der Waals surface area (Å²) in [5, 5.41) is 18.3. The SMILES string of the molecule is COc1cnc(-c2ccc3cn([C@@]4(F)CC[C@H](CNC(=O)c5ccccc5)[C@@H](F)[C@H]4O)nc3c2)nc1. The van der Waals surface area contributed by atoms with Crippen LogP contribution in [-0.2, 0) is 5.79 Å². The third kappa shape index (κ3) is 4.39. The van der Waals surface area contributed by atoms with E-state index in [9.17, 15) is 9.90 Å². The Kier molecular flexibility index (Phi) is 6.36. The maximum atomic E-state index is 16.0. The molecule has 36 heavy (non-hydrogen) atoms. The number of aliphatic hydroxyl groups is 1. The number of carbonyl (C=O) groups excluding carboxylic acids is 1. The maximum Gasteiger partial charge on any atom is 0.251 e. The highest BCUT2D eigenvalue weighted by atomic mass is 19.2. The topological polar surface area (TPSA) is 102 Å². The molecular formula is C26H25F2N5O3. The number of aromatic nitrogens is 4. The third-order valence-electron chi connectivity index (χ3n) is 6.64. The van der Waals surface area contributed by atoms with E-state index in [1.807, 2.05) is 0 Å². The van der Waals surface area contributed by atoms with Crippen LogP contribution in [0.25, 0.3) is 22.3 Å².